The van der Waals surface area contributed by atoms with Gasteiger partial charge in [-0.05, 0) is 36.5 Å². The molecule has 0 bridgehead atoms. The Bertz CT molecular complexity index is 505. The summed E-state index contributed by atoms with van der Waals surface area (Å²) in [5.74, 6) is 0.385. The number of anilines is 1. The maximum absolute atomic E-state index is 11.5. The minimum Gasteiger partial charge on any atom is -0.398 e. The molecular formula is C11H16N2O2S. The largest absolute Gasteiger partial charge is 0.398 e. The summed E-state index contributed by atoms with van der Waals surface area (Å²) < 4.78 is 23.0. The van der Waals surface area contributed by atoms with Gasteiger partial charge in [0.25, 0.3) is 0 Å². The van der Waals surface area contributed by atoms with Crippen LogP contribution in [0.2, 0.25) is 0 Å². The fourth-order valence-corrected chi connectivity index (χ4v) is 2.91. The van der Waals surface area contributed by atoms with Crippen LogP contribution < -0.4 is 11.5 Å². The predicted molar refractivity (Wildman–Crippen MR) is 63.9 cm³/mol. The summed E-state index contributed by atoms with van der Waals surface area (Å²) in [6, 6.07) is 5.49. The normalized spacial score (nSPS) is 25.1. The van der Waals surface area contributed by atoms with Crippen molar-refractivity contribution in [1.82, 2.24) is 0 Å². The zero-order valence-electron chi connectivity index (χ0n) is 9.18. The van der Waals surface area contributed by atoms with Crippen molar-refractivity contribution >= 4 is 15.5 Å². The third-order valence-electron chi connectivity index (χ3n) is 3.08. The molecule has 88 valence electrons. The molecule has 16 heavy (non-hydrogen) atoms. The lowest BCUT2D eigenvalue weighted by molar-refractivity contribution is 0.351. The van der Waals surface area contributed by atoms with Gasteiger partial charge in [0.15, 0.2) is 9.84 Å². The van der Waals surface area contributed by atoms with Gasteiger partial charge < -0.3 is 11.5 Å². The van der Waals surface area contributed by atoms with E-state index in [0.29, 0.717) is 11.6 Å². The summed E-state index contributed by atoms with van der Waals surface area (Å²) in [4.78, 5) is 0.227. The monoisotopic (exact) mass is 240 g/mol. The van der Waals surface area contributed by atoms with Crippen molar-refractivity contribution in [2.75, 3.05) is 12.0 Å². The summed E-state index contributed by atoms with van der Waals surface area (Å²) in [6.07, 6.45) is 3.02. The van der Waals surface area contributed by atoms with Crippen LogP contribution in [0.5, 0.6) is 0 Å². The van der Waals surface area contributed by atoms with E-state index in [2.05, 4.69) is 0 Å². The molecule has 0 aliphatic heterocycles. The lowest BCUT2D eigenvalue weighted by Gasteiger charge is -2.33. The molecule has 0 aromatic heterocycles. The lowest BCUT2D eigenvalue weighted by Crippen LogP contribution is -2.34. The van der Waals surface area contributed by atoms with Gasteiger partial charge in [-0.25, -0.2) is 8.42 Å². The van der Waals surface area contributed by atoms with E-state index in [1.807, 2.05) is 6.07 Å². The van der Waals surface area contributed by atoms with Crippen molar-refractivity contribution in [3.8, 4) is 0 Å². The van der Waals surface area contributed by atoms with Crippen molar-refractivity contribution in [3.05, 3.63) is 23.8 Å². The van der Waals surface area contributed by atoms with E-state index in [1.165, 1.54) is 6.26 Å². The van der Waals surface area contributed by atoms with Crippen LogP contribution in [0.15, 0.2) is 23.1 Å². The number of hydrogen-bond acceptors (Lipinski definition) is 4. The second-order valence-corrected chi connectivity index (χ2v) is 6.48. The van der Waals surface area contributed by atoms with E-state index >= 15 is 0 Å². The SMILES string of the molecule is CS(=O)(=O)c1cc(C2CC(N)C2)ccc1N. The second-order valence-electron chi connectivity index (χ2n) is 4.50. The molecule has 1 fully saturated rings. The molecule has 2 rings (SSSR count). The second kappa shape index (κ2) is 3.75. The first-order valence-corrected chi connectivity index (χ1v) is 7.12. The third-order valence-corrected chi connectivity index (χ3v) is 4.24. The molecule has 0 spiro atoms. The molecule has 0 heterocycles. The molecule has 1 aliphatic carbocycles. The predicted octanol–water partition coefficient (Wildman–Crippen LogP) is 0.877. The first kappa shape index (κ1) is 11.4. The van der Waals surface area contributed by atoms with Crippen molar-refractivity contribution in [3.63, 3.8) is 0 Å². The Morgan fingerprint density at radius 2 is 1.94 bits per heavy atom. The highest BCUT2D eigenvalue weighted by atomic mass is 32.2. The van der Waals surface area contributed by atoms with Crippen molar-refractivity contribution in [2.45, 2.75) is 29.7 Å². The summed E-state index contributed by atoms with van der Waals surface area (Å²) in [6.45, 7) is 0. The number of benzene rings is 1. The van der Waals surface area contributed by atoms with Gasteiger partial charge in [0.05, 0.1) is 10.6 Å². The average molecular weight is 240 g/mol. The highest BCUT2D eigenvalue weighted by Crippen LogP contribution is 2.37. The molecule has 1 aliphatic rings. The topological polar surface area (TPSA) is 86.2 Å². The fourth-order valence-electron chi connectivity index (χ4n) is 2.06. The number of nitrogen functional groups attached to an aromatic ring is 1. The molecule has 0 unspecified atom stereocenters. The maximum atomic E-state index is 11.5. The molecule has 1 saturated carbocycles. The van der Waals surface area contributed by atoms with Gasteiger partial charge in [-0.3, -0.25) is 0 Å². The Kier molecular flexibility index (Phi) is 2.67. The van der Waals surface area contributed by atoms with E-state index in [-0.39, 0.29) is 10.9 Å². The molecular weight excluding hydrogens is 224 g/mol. The molecule has 0 radical (unpaired) electrons. The number of hydrogen-bond donors (Lipinski definition) is 2. The number of nitrogens with two attached hydrogens (primary N) is 2. The Morgan fingerprint density at radius 1 is 1.31 bits per heavy atom. The van der Waals surface area contributed by atoms with Crippen LogP contribution in [0.25, 0.3) is 0 Å². The van der Waals surface area contributed by atoms with Crippen LogP contribution in [0.1, 0.15) is 24.3 Å². The Balaban J connectivity index is 2.37. The molecule has 5 heteroatoms. The highest BCUT2D eigenvalue weighted by Gasteiger charge is 2.28. The van der Waals surface area contributed by atoms with Gasteiger partial charge >= 0.3 is 0 Å². The molecule has 0 atom stereocenters. The number of sulfone groups is 1. The van der Waals surface area contributed by atoms with Gasteiger partial charge in [0.1, 0.15) is 0 Å². The Morgan fingerprint density at radius 3 is 2.44 bits per heavy atom. The van der Waals surface area contributed by atoms with Gasteiger partial charge in [-0.1, -0.05) is 6.07 Å². The van der Waals surface area contributed by atoms with Crippen LogP contribution in [0, 0.1) is 0 Å². The smallest absolute Gasteiger partial charge is 0.177 e. The third kappa shape index (κ3) is 2.05. The Labute approximate surface area is 95.6 Å². The molecule has 4 nitrogen and oxygen atoms in total. The van der Waals surface area contributed by atoms with E-state index in [0.717, 1.165) is 18.4 Å². The van der Waals surface area contributed by atoms with Crippen LogP contribution >= 0.6 is 0 Å². The molecule has 1 aromatic rings. The van der Waals surface area contributed by atoms with Gasteiger partial charge in [-0.2, -0.15) is 0 Å². The quantitative estimate of drug-likeness (QED) is 0.751. The molecule has 1 aromatic carbocycles. The van der Waals surface area contributed by atoms with Crippen molar-refractivity contribution in [2.24, 2.45) is 5.73 Å². The minimum absolute atomic E-state index is 0.227. The van der Waals surface area contributed by atoms with E-state index in [9.17, 15) is 8.42 Å². The zero-order chi connectivity index (χ0) is 11.9. The number of rotatable bonds is 2. The van der Waals surface area contributed by atoms with Crippen LogP contribution in [-0.4, -0.2) is 20.7 Å². The molecule has 0 saturated heterocycles. The van der Waals surface area contributed by atoms with E-state index < -0.39 is 9.84 Å². The van der Waals surface area contributed by atoms with Crippen molar-refractivity contribution < 1.29 is 8.42 Å². The lowest BCUT2D eigenvalue weighted by atomic mass is 9.76. The first-order chi connectivity index (χ1) is 7.38. The van der Waals surface area contributed by atoms with E-state index in [1.54, 1.807) is 12.1 Å². The van der Waals surface area contributed by atoms with Crippen LogP contribution in [0.3, 0.4) is 0 Å². The van der Waals surface area contributed by atoms with Gasteiger partial charge in [0, 0.05) is 12.3 Å². The van der Waals surface area contributed by atoms with E-state index in [4.69, 9.17) is 11.5 Å². The molecule has 0 amide bonds. The van der Waals surface area contributed by atoms with Crippen LogP contribution in [0.4, 0.5) is 5.69 Å². The fraction of sp³-hybridized carbons (Fsp3) is 0.455. The first-order valence-electron chi connectivity index (χ1n) is 5.23. The van der Waals surface area contributed by atoms with Crippen molar-refractivity contribution in [1.29, 1.82) is 0 Å². The zero-order valence-corrected chi connectivity index (χ0v) is 10.00. The molecule has 4 N–H and O–H groups in total. The summed E-state index contributed by atoms with van der Waals surface area (Å²) >= 11 is 0. The standard InChI is InChI=1S/C11H16N2O2S/c1-16(14,15)11-6-7(2-3-10(11)13)8-4-9(12)5-8/h2-3,6,8-9H,4-5,12-13H2,1H3. The Hall–Kier alpha value is -1.07. The summed E-state index contributed by atoms with van der Waals surface area (Å²) in [7, 11) is -3.24. The van der Waals surface area contributed by atoms with Crippen LogP contribution in [-0.2, 0) is 9.84 Å². The highest BCUT2D eigenvalue weighted by molar-refractivity contribution is 7.90. The summed E-state index contributed by atoms with van der Waals surface area (Å²) in [5.41, 5.74) is 12.7. The maximum Gasteiger partial charge on any atom is 0.177 e. The van der Waals surface area contributed by atoms with Gasteiger partial charge in [0.2, 0.25) is 0 Å². The van der Waals surface area contributed by atoms with Gasteiger partial charge in [-0.15, -0.1) is 0 Å². The average Bonchev–Trinajstić information content (AvgIpc) is 2.12. The summed E-state index contributed by atoms with van der Waals surface area (Å²) in [5, 5.41) is 0. The minimum atomic E-state index is -3.24.